The Hall–Kier alpha value is 0.107. The van der Waals surface area contributed by atoms with Gasteiger partial charge in [-0.2, -0.15) is 0 Å². The first-order valence-electron chi connectivity index (χ1n) is 4.98. The second-order valence-electron chi connectivity index (χ2n) is 5.06. The van der Waals surface area contributed by atoms with Crippen LogP contribution in [0.4, 0.5) is 4.39 Å². The van der Waals surface area contributed by atoms with E-state index in [9.17, 15) is 4.39 Å². The van der Waals surface area contributed by atoms with E-state index in [0.717, 1.165) is 6.42 Å². The third-order valence-electron chi connectivity index (χ3n) is 2.89. The number of halogens is 1. The molecule has 3 heteroatoms. The van der Waals surface area contributed by atoms with Gasteiger partial charge in [-0.25, -0.2) is 4.39 Å². The summed E-state index contributed by atoms with van der Waals surface area (Å²) in [4.78, 5) is 0. The third-order valence-corrected chi connectivity index (χ3v) is 7.43. The van der Waals surface area contributed by atoms with Crippen molar-refractivity contribution >= 4 is 8.32 Å². The lowest BCUT2D eigenvalue weighted by atomic mass is 10.2. The molecule has 0 aliphatic heterocycles. The Morgan fingerprint density at radius 1 is 1.31 bits per heavy atom. The molecule has 0 bridgehead atoms. The molecule has 0 fully saturated rings. The Morgan fingerprint density at radius 3 is 2.00 bits per heavy atom. The van der Waals surface area contributed by atoms with Crippen molar-refractivity contribution in [3.8, 4) is 0 Å². The molecule has 1 unspecified atom stereocenters. The minimum atomic E-state index is -1.75. The van der Waals surface area contributed by atoms with Gasteiger partial charge in [-0.3, -0.25) is 0 Å². The van der Waals surface area contributed by atoms with Gasteiger partial charge in [-0.15, -0.1) is 0 Å². The number of hydrogen-bond donors (Lipinski definition) is 0. The standard InChI is InChI=1S/C10H23FOSi/c1-7-9(8-11)12-13(5,6)10(2,3)4/h9H,7-8H2,1-6H3. The molecule has 1 nitrogen and oxygen atoms in total. The van der Waals surface area contributed by atoms with Gasteiger partial charge in [0.25, 0.3) is 0 Å². The summed E-state index contributed by atoms with van der Waals surface area (Å²) in [5, 5.41) is 0.176. The lowest BCUT2D eigenvalue weighted by Crippen LogP contribution is -2.44. The van der Waals surface area contributed by atoms with E-state index in [1.165, 1.54) is 0 Å². The van der Waals surface area contributed by atoms with E-state index >= 15 is 0 Å². The smallest absolute Gasteiger partial charge is 0.192 e. The van der Waals surface area contributed by atoms with Crippen LogP contribution in [-0.2, 0) is 4.43 Å². The van der Waals surface area contributed by atoms with Crippen LogP contribution >= 0.6 is 0 Å². The van der Waals surface area contributed by atoms with Crippen molar-refractivity contribution < 1.29 is 8.82 Å². The highest BCUT2D eigenvalue weighted by atomic mass is 28.4. The second kappa shape index (κ2) is 4.56. The maximum atomic E-state index is 12.5. The lowest BCUT2D eigenvalue weighted by Gasteiger charge is -2.38. The summed E-state index contributed by atoms with van der Waals surface area (Å²) < 4.78 is 18.3. The zero-order chi connectivity index (χ0) is 10.7. The van der Waals surface area contributed by atoms with Crippen LogP contribution in [0.3, 0.4) is 0 Å². The van der Waals surface area contributed by atoms with E-state index in [0.29, 0.717) is 0 Å². The summed E-state index contributed by atoms with van der Waals surface area (Å²) >= 11 is 0. The number of hydrogen-bond acceptors (Lipinski definition) is 1. The van der Waals surface area contributed by atoms with Crippen molar-refractivity contribution in [1.29, 1.82) is 0 Å². The van der Waals surface area contributed by atoms with Gasteiger partial charge in [-0.05, 0) is 24.6 Å². The highest BCUT2D eigenvalue weighted by Gasteiger charge is 2.38. The van der Waals surface area contributed by atoms with Gasteiger partial charge >= 0.3 is 0 Å². The molecular formula is C10H23FOSi. The fourth-order valence-corrected chi connectivity index (χ4v) is 2.23. The maximum absolute atomic E-state index is 12.5. The van der Waals surface area contributed by atoms with Gasteiger partial charge in [0.15, 0.2) is 8.32 Å². The van der Waals surface area contributed by atoms with Crippen LogP contribution in [0.1, 0.15) is 34.1 Å². The van der Waals surface area contributed by atoms with Gasteiger partial charge in [0.05, 0.1) is 6.10 Å². The van der Waals surface area contributed by atoms with Gasteiger partial charge < -0.3 is 4.43 Å². The molecule has 0 aromatic heterocycles. The summed E-state index contributed by atoms with van der Waals surface area (Å²) in [6.45, 7) is 12.4. The largest absolute Gasteiger partial charge is 0.411 e. The van der Waals surface area contributed by atoms with Crippen LogP contribution in [0.15, 0.2) is 0 Å². The summed E-state index contributed by atoms with van der Waals surface area (Å²) in [7, 11) is -1.75. The van der Waals surface area contributed by atoms with Crippen LogP contribution in [0.25, 0.3) is 0 Å². The molecule has 0 aliphatic carbocycles. The molecule has 0 aromatic rings. The molecule has 13 heavy (non-hydrogen) atoms. The molecule has 0 amide bonds. The highest BCUT2D eigenvalue weighted by Crippen LogP contribution is 2.37. The Morgan fingerprint density at radius 2 is 1.77 bits per heavy atom. The molecule has 0 heterocycles. The average Bonchev–Trinajstić information content (AvgIpc) is 1.98. The number of rotatable bonds is 4. The SMILES string of the molecule is CCC(CF)O[Si](C)(C)C(C)(C)C. The molecule has 0 spiro atoms. The van der Waals surface area contributed by atoms with E-state index in [4.69, 9.17) is 4.43 Å². The van der Waals surface area contributed by atoms with E-state index < -0.39 is 8.32 Å². The van der Waals surface area contributed by atoms with E-state index in [1.54, 1.807) is 0 Å². The van der Waals surface area contributed by atoms with Crippen LogP contribution in [-0.4, -0.2) is 21.1 Å². The first-order chi connectivity index (χ1) is 5.74. The topological polar surface area (TPSA) is 9.23 Å². The van der Waals surface area contributed by atoms with Crippen LogP contribution < -0.4 is 0 Å². The van der Waals surface area contributed by atoms with Crippen molar-refractivity contribution in [1.82, 2.24) is 0 Å². The molecule has 0 N–H and O–H groups in total. The average molecular weight is 206 g/mol. The molecule has 0 saturated carbocycles. The van der Waals surface area contributed by atoms with Crippen LogP contribution in [0.2, 0.25) is 18.1 Å². The third kappa shape index (κ3) is 3.77. The number of alkyl halides is 1. The summed E-state index contributed by atoms with van der Waals surface area (Å²) in [5.41, 5.74) is 0. The van der Waals surface area contributed by atoms with Gasteiger partial charge in [0, 0.05) is 0 Å². The fourth-order valence-electron chi connectivity index (χ4n) is 0.817. The molecule has 0 radical (unpaired) electrons. The quantitative estimate of drug-likeness (QED) is 0.636. The Labute approximate surface area is 82.8 Å². The molecule has 0 saturated heterocycles. The summed E-state index contributed by atoms with van der Waals surface area (Å²) in [6, 6.07) is 0. The van der Waals surface area contributed by atoms with Gasteiger partial charge in [0.1, 0.15) is 6.67 Å². The summed E-state index contributed by atoms with van der Waals surface area (Å²) in [5.74, 6) is 0. The molecule has 0 aromatic carbocycles. The predicted octanol–water partition coefficient (Wildman–Crippen LogP) is 3.76. The Kier molecular flexibility index (Phi) is 4.59. The van der Waals surface area contributed by atoms with Crippen molar-refractivity contribution in [2.75, 3.05) is 6.67 Å². The monoisotopic (exact) mass is 206 g/mol. The normalized spacial score (nSPS) is 15.9. The van der Waals surface area contributed by atoms with Crippen LogP contribution in [0.5, 0.6) is 0 Å². The van der Waals surface area contributed by atoms with Crippen molar-refractivity contribution in [3.05, 3.63) is 0 Å². The highest BCUT2D eigenvalue weighted by molar-refractivity contribution is 6.74. The molecule has 1 atom stereocenters. The summed E-state index contributed by atoms with van der Waals surface area (Å²) in [6.07, 6.45) is 0.573. The van der Waals surface area contributed by atoms with Crippen molar-refractivity contribution in [2.45, 2.75) is 58.4 Å². The van der Waals surface area contributed by atoms with E-state index in [2.05, 4.69) is 33.9 Å². The molecule has 80 valence electrons. The second-order valence-corrected chi connectivity index (χ2v) is 9.82. The molecule has 0 aliphatic rings. The molecular weight excluding hydrogens is 183 g/mol. The minimum Gasteiger partial charge on any atom is -0.411 e. The van der Waals surface area contributed by atoms with Crippen molar-refractivity contribution in [3.63, 3.8) is 0 Å². The zero-order valence-corrected chi connectivity index (χ0v) is 10.8. The first kappa shape index (κ1) is 13.1. The lowest BCUT2D eigenvalue weighted by molar-refractivity contribution is 0.143. The molecule has 0 rings (SSSR count). The first-order valence-corrected chi connectivity index (χ1v) is 7.89. The Bertz CT molecular complexity index is 147. The Balaban J connectivity index is 4.31. The zero-order valence-electron chi connectivity index (χ0n) is 9.78. The van der Waals surface area contributed by atoms with Gasteiger partial charge in [0.2, 0.25) is 0 Å². The van der Waals surface area contributed by atoms with Gasteiger partial charge in [-0.1, -0.05) is 27.7 Å². The fraction of sp³-hybridized carbons (Fsp3) is 1.00. The van der Waals surface area contributed by atoms with Crippen LogP contribution in [0, 0.1) is 0 Å². The minimum absolute atomic E-state index is 0.176. The van der Waals surface area contributed by atoms with E-state index in [1.807, 2.05) is 6.92 Å². The maximum Gasteiger partial charge on any atom is 0.192 e. The van der Waals surface area contributed by atoms with Crippen molar-refractivity contribution in [2.24, 2.45) is 0 Å². The predicted molar refractivity (Wildman–Crippen MR) is 58.3 cm³/mol. The van der Waals surface area contributed by atoms with E-state index in [-0.39, 0.29) is 17.8 Å².